The minimum absolute atomic E-state index is 0.0915. The molecule has 1 aliphatic heterocycles. The summed E-state index contributed by atoms with van der Waals surface area (Å²) >= 11 is 0. The quantitative estimate of drug-likeness (QED) is 0.420. The number of nitrogens with one attached hydrogen (secondary N) is 1. The Balaban J connectivity index is 2.09. The standard InChI is InChI=1S/C12H23BN2O4/c1-7-8-5-12(14,11(16)17)10(9(8)6-15-7)3-2-4-13(18)19/h7-10,15,18-19H,2-6,14H2,1H3,(H,16,17)/t7?,8-,9+,10-,12?/m0/s1. The van der Waals surface area contributed by atoms with Crippen LogP contribution in [0.15, 0.2) is 0 Å². The van der Waals surface area contributed by atoms with Gasteiger partial charge in [-0.15, -0.1) is 0 Å². The van der Waals surface area contributed by atoms with E-state index in [2.05, 4.69) is 12.2 Å². The van der Waals surface area contributed by atoms with Crippen molar-refractivity contribution in [2.45, 2.75) is 44.1 Å². The Labute approximate surface area is 113 Å². The van der Waals surface area contributed by atoms with Crippen molar-refractivity contribution in [3.63, 3.8) is 0 Å². The number of carboxylic acids is 1. The highest BCUT2D eigenvalue weighted by molar-refractivity contribution is 6.40. The number of carbonyl (C=O) groups is 1. The van der Waals surface area contributed by atoms with E-state index in [0.29, 0.717) is 31.2 Å². The molecular formula is C12H23BN2O4. The highest BCUT2D eigenvalue weighted by Gasteiger charge is 2.58. The monoisotopic (exact) mass is 270 g/mol. The molecule has 0 bridgehead atoms. The normalized spacial score (nSPS) is 41.3. The second-order valence-corrected chi connectivity index (χ2v) is 6.09. The highest BCUT2D eigenvalue weighted by Crippen LogP contribution is 2.49. The first kappa shape index (κ1) is 14.8. The summed E-state index contributed by atoms with van der Waals surface area (Å²) in [6.07, 6.45) is 2.00. The molecule has 6 N–H and O–H groups in total. The van der Waals surface area contributed by atoms with E-state index in [0.717, 1.165) is 6.54 Å². The molecule has 1 heterocycles. The van der Waals surface area contributed by atoms with Crippen molar-refractivity contribution >= 4 is 13.1 Å². The van der Waals surface area contributed by atoms with Gasteiger partial charge in [0.1, 0.15) is 5.54 Å². The average molecular weight is 270 g/mol. The summed E-state index contributed by atoms with van der Waals surface area (Å²) in [5, 5.41) is 30.6. The molecule has 1 aliphatic carbocycles. The fraction of sp³-hybridized carbons (Fsp3) is 0.917. The van der Waals surface area contributed by atoms with Gasteiger partial charge in [0, 0.05) is 6.04 Å². The Morgan fingerprint density at radius 1 is 1.47 bits per heavy atom. The highest BCUT2D eigenvalue weighted by atomic mass is 16.4. The molecule has 6 nitrogen and oxygen atoms in total. The van der Waals surface area contributed by atoms with Gasteiger partial charge in [0.15, 0.2) is 0 Å². The lowest BCUT2D eigenvalue weighted by Gasteiger charge is -2.30. The van der Waals surface area contributed by atoms with E-state index in [1.165, 1.54) is 0 Å². The molecule has 2 fully saturated rings. The van der Waals surface area contributed by atoms with Crippen molar-refractivity contribution in [2.75, 3.05) is 6.54 Å². The second kappa shape index (κ2) is 5.40. The summed E-state index contributed by atoms with van der Waals surface area (Å²) in [7, 11) is -1.32. The second-order valence-electron chi connectivity index (χ2n) is 6.09. The molecule has 0 aromatic rings. The van der Waals surface area contributed by atoms with Gasteiger partial charge >= 0.3 is 13.1 Å². The summed E-state index contributed by atoms with van der Waals surface area (Å²) in [5.41, 5.74) is 5.00. The van der Waals surface area contributed by atoms with Crippen molar-refractivity contribution in [1.29, 1.82) is 0 Å². The van der Waals surface area contributed by atoms with Crippen LogP contribution in [0.1, 0.15) is 26.2 Å². The fourth-order valence-electron chi connectivity index (χ4n) is 3.93. The van der Waals surface area contributed by atoms with Crippen molar-refractivity contribution in [3.05, 3.63) is 0 Å². The molecule has 0 aromatic heterocycles. The summed E-state index contributed by atoms with van der Waals surface area (Å²) in [6.45, 7) is 2.89. The summed E-state index contributed by atoms with van der Waals surface area (Å²) in [5.74, 6) is -0.424. The molecule has 0 radical (unpaired) electrons. The lowest BCUT2D eigenvalue weighted by molar-refractivity contribution is -0.145. The van der Waals surface area contributed by atoms with Crippen LogP contribution in [-0.4, -0.2) is 46.4 Å². The van der Waals surface area contributed by atoms with Gasteiger partial charge in [-0.05, 0) is 50.4 Å². The first-order valence-electron chi connectivity index (χ1n) is 6.98. The summed E-state index contributed by atoms with van der Waals surface area (Å²) in [4.78, 5) is 11.5. The molecule has 5 atom stereocenters. The molecule has 0 amide bonds. The maximum absolute atomic E-state index is 11.5. The predicted molar refractivity (Wildman–Crippen MR) is 71.3 cm³/mol. The third-order valence-corrected chi connectivity index (χ3v) is 5.00. The molecule has 108 valence electrons. The molecule has 19 heavy (non-hydrogen) atoms. The third kappa shape index (κ3) is 2.65. The molecule has 1 saturated heterocycles. The van der Waals surface area contributed by atoms with Crippen LogP contribution in [0.5, 0.6) is 0 Å². The molecule has 2 rings (SSSR count). The van der Waals surface area contributed by atoms with E-state index in [4.69, 9.17) is 15.8 Å². The van der Waals surface area contributed by atoms with E-state index < -0.39 is 18.6 Å². The summed E-state index contributed by atoms with van der Waals surface area (Å²) in [6, 6.07) is 0.306. The number of hydrogen-bond acceptors (Lipinski definition) is 5. The Hall–Kier alpha value is -0.625. The van der Waals surface area contributed by atoms with Crippen LogP contribution in [0, 0.1) is 17.8 Å². The fourth-order valence-corrected chi connectivity index (χ4v) is 3.93. The maximum atomic E-state index is 11.5. The van der Waals surface area contributed by atoms with Gasteiger partial charge in [-0.2, -0.15) is 0 Å². The van der Waals surface area contributed by atoms with Crippen LogP contribution < -0.4 is 11.1 Å². The van der Waals surface area contributed by atoms with Gasteiger partial charge < -0.3 is 26.2 Å². The Morgan fingerprint density at radius 3 is 2.74 bits per heavy atom. The van der Waals surface area contributed by atoms with Gasteiger partial charge in [-0.1, -0.05) is 6.42 Å². The third-order valence-electron chi connectivity index (χ3n) is 5.00. The van der Waals surface area contributed by atoms with E-state index in [1.807, 2.05) is 0 Å². The zero-order chi connectivity index (χ0) is 14.2. The minimum Gasteiger partial charge on any atom is -0.480 e. The van der Waals surface area contributed by atoms with E-state index >= 15 is 0 Å². The van der Waals surface area contributed by atoms with Crippen LogP contribution >= 0.6 is 0 Å². The number of nitrogens with two attached hydrogens (primary N) is 1. The summed E-state index contributed by atoms with van der Waals surface area (Å²) < 4.78 is 0. The number of hydrogen-bond donors (Lipinski definition) is 5. The van der Waals surface area contributed by atoms with Crippen LogP contribution in [0.25, 0.3) is 0 Å². The Kier molecular flexibility index (Phi) is 4.20. The zero-order valence-corrected chi connectivity index (χ0v) is 11.2. The lowest BCUT2D eigenvalue weighted by Crippen LogP contribution is -2.53. The molecule has 2 aliphatic rings. The molecular weight excluding hydrogens is 247 g/mol. The number of rotatable bonds is 5. The van der Waals surface area contributed by atoms with Crippen LogP contribution in [-0.2, 0) is 4.79 Å². The van der Waals surface area contributed by atoms with E-state index in [-0.39, 0.29) is 18.2 Å². The predicted octanol–water partition coefficient (Wildman–Crippen LogP) is -0.734. The van der Waals surface area contributed by atoms with E-state index in [1.54, 1.807) is 0 Å². The maximum Gasteiger partial charge on any atom is 0.451 e. The van der Waals surface area contributed by atoms with Gasteiger partial charge in [-0.3, -0.25) is 4.79 Å². The minimum atomic E-state index is -1.32. The Morgan fingerprint density at radius 2 is 2.16 bits per heavy atom. The SMILES string of the molecule is CC1NC[C@@H]2[C@H]1CC(N)(C(=O)O)[C@H]2CCCB(O)O. The van der Waals surface area contributed by atoms with E-state index in [9.17, 15) is 9.90 Å². The first-order valence-corrected chi connectivity index (χ1v) is 6.98. The van der Waals surface area contributed by atoms with Gasteiger partial charge in [0.2, 0.25) is 0 Å². The number of aliphatic carboxylic acids is 1. The largest absolute Gasteiger partial charge is 0.480 e. The lowest BCUT2D eigenvalue weighted by atomic mass is 9.76. The molecule has 1 saturated carbocycles. The first-order chi connectivity index (χ1) is 8.86. The van der Waals surface area contributed by atoms with Crippen molar-refractivity contribution in [1.82, 2.24) is 5.32 Å². The Bertz CT molecular complexity index is 355. The van der Waals surface area contributed by atoms with Gasteiger partial charge in [0.25, 0.3) is 0 Å². The molecule has 2 unspecified atom stereocenters. The van der Waals surface area contributed by atoms with Crippen LogP contribution in [0.2, 0.25) is 6.32 Å². The number of carboxylic acid groups (broad SMARTS) is 1. The van der Waals surface area contributed by atoms with Crippen molar-refractivity contribution < 1.29 is 19.9 Å². The molecule has 7 heteroatoms. The van der Waals surface area contributed by atoms with Crippen LogP contribution in [0.4, 0.5) is 0 Å². The smallest absolute Gasteiger partial charge is 0.451 e. The number of fused-ring (bicyclic) bond motifs is 1. The van der Waals surface area contributed by atoms with Crippen molar-refractivity contribution in [2.24, 2.45) is 23.5 Å². The topological polar surface area (TPSA) is 116 Å². The van der Waals surface area contributed by atoms with Crippen molar-refractivity contribution in [3.8, 4) is 0 Å². The average Bonchev–Trinajstić information content (AvgIpc) is 2.79. The van der Waals surface area contributed by atoms with Gasteiger partial charge in [0.05, 0.1) is 0 Å². The van der Waals surface area contributed by atoms with Crippen LogP contribution in [0.3, 0.4) is 0 Å². The molecule has 0 aromatic carbocycles. The van der Waals surface area contributed by atoms with Gasteiger partial charge in [-0.25, -0.2) is 0 Å². The zero-order valence-electron chi connectivity index (χ0n) is 11.2. The molecule has 0 spiro atoms.